The van der Waals surface area contributed by atoms with Crippen LogP contribution < -0.4 is 10.6 Å². The van der Waals surface area contributed by atoms with Gasteiger partial charge < -0.3 is 15.4 Å². The zero-order chi connectivity index (χ0) is 16.1. The fraction of sp³-hybridized carbons (Fsp3) is 0.750. The maximum atomic E-state index is 11.5. The molecule has 0 fully saturated rings. The highest BCUT2D eigenvalue weighted by Gasteiger charge is 2.15. The Balaban J connectivity index is 0. The Morgan fingerprint density at radius 1 is 1.18 bits per heavy atom. The van der Waals surface area contributed by atoms with E-state index in [1.165, 1.54) is 0 Å². The topological polar surface area (TPSA) is 62.7 Å². The molecule has 2 N–H and O–H groups in total. The number of hydrogen-bond donors (Lipinski definition) is 2. The number of hydrogen-bond acceptors (Lipinski definition) is 3. The van der Waals surface area contributed by atoms with Crippen LogP contribution in [0.5, 0.6) is 0 Å². The van der Waals surface area contributed by atoms with E-state index in [2.05, 4.69) is 22.2 Å². The van der Waals surface area contributed by atoms with Crippen molar-refractivity contribution in [1.29, 1.82) is 0 Å². The number of unbranched alkanes of at least 4 members (excludes halogenated alkanes) is 3. The number of carbonyl (C=O) groups is 1. The Hall–Kier alpha value is -0.790. The van der Waals surface area contributed by atoms with E-state index in [4.69, 9.17) is 4.74 Å². The summed E-state index contributed by atoms with van der Waals surface area (Å²) in [6.45, 7) is 10.9. The van der Waals surface area contributed by atoms with Crippen LogP contribution in [0.3, 0.4) is 0 Å². The summed E-state index contributed by atoms with van der Waals surface area (Å²) in [4.78, 5) is 15.6. The van der Waals surface area contributed by atoms with Crippen LogP contribution in [0.2, 0.25) is 0 Å². The van der Waals surface area contributed by atoms with Gasteiger partial charge in [-0.3, -0.25) is 9.79 Å². The summed E-state index contributed by atoms with van der Waals surface area (Å²) in [5.41, 5.74) is -0.380. The molecular formula is C16H32IN3O2. The van der Waals surface area contributed by atoms with Gasteiger partial charge in [-0.25, -0.2) is 0 Å². The van der Waals surface area contributed by atoms with Gasteiger partial charge in [-0.2, -0.15) is 0 Å². The van der Waals surface area contributed by atoms with E-state index in [1.54, 1.807) is 13.1 Å². The van der Waals surface area contributed by atoms with Crippen molar-refractivity contribution < 1.29 is 9.53 Å². The normalized spacial score (nSPS) is 11.4. The van der Waals surface area contributed by atoms with Crippen LogP contribution in [0.1, 0.15) is 52.9 Å². The van der Waals surface area contributed by atoms with Gasteiger partial charge in [-0.1, -0.05) is 18.9 Å². The summed E-state index contributed by atoms with van der Waals surface area (Å²) >= 11 is 0. The summed E-state index contributed by atoms with van der Waals surface area (Å²) in [7, 11) is 1.75. The molecular weight excluding hydrogens is 393 g/mol. The molecule has 0 aromatic carbocycles. The Morgan fingerprint density at radius 3 is 2.36 bits per heavy atom. The quantitative estimate of drug-likeness (QED) is 0.149. The van der Waals surface area contributed by atoms with Crippen molar-refractivity contribution in [3.8, 4) is 0 Å². The molecule has 0 saturated carbocycles. The number of aliphatic imine (C=N–C) groups is 1. The van der Waals surface area contributed by atoms with Gasteiger partial charge >= 0.3 is 5.97 Å². The van der Waals surface area contributed by atoms with Crippen LogP contribution in [0.25, 0.3) is 0 Å². The van der Waals surface area contributed by atoms with Crippen molar-refractivity contribution in [2.45, 2.75) is 58.5 Å². The average molecular weight is 425 g/mol. The van der Waals surface area contributed by atoms with Gasteiger partial charge in [0.15, 0.2) is 5.96 Å². The van der Waals surface area contributed by atoms with Crippen molar-refractivity contribution >= 4 is 35.9 Å². The van der Waals surface area contributed by atoms with Gasteiger partial charge in [-0.05, 0) is 33.6 Å². The highest BCUT2D eigenvalue weighted by Crippen LogP contribution is 2.10. The molecule has 0 amide bonds. The molecule has 0 atom stereocenters. The van der Waals surface area contributed by atoms with Gasteiger partial charge in [0.05, 0.1) is 0 Å². The minimum Gasteiger partial charge on any atom is -0.460 e. The third kappa shape index (κ3) is 15.6. The number of nitrogens with zero attached hydrogens (tertiary/aromatic N) is 1. The van der Waals surface area contributed by atoms with Gasteiger partial charge in [-0.15, -0.1) is 30.6 Å². The van der Waals surface area contributed by atoms with Crippen LogP contribution in [0.4, 0.5) is 0 Å². The molecule has 0 spiro atoms. The van der Waals surface area contributed by atoms with E-state index in [-0.39, 0.29) is 35.5 Å². The lowest BCUT2D eigenvalue weighted by Crippen LogP contribution is -2.37. The largest absolute Gasteiger partial charge is 0.460 e. The first-order valence-corrected chi connectivity index (χ1v) is 7.66. The standard InChI is InChI=1S/C16H31N3O2.HI/c1-6-12-18-15(17-5)19-13-10-8-7-9-11-14(20)21-16(2,3)4;/h6H,1,7-13H2,2-5H3,(H2,17,18,19);1H. The molecule has 0 aromatic heterocycles. The Morgan fingerprint density at radius 2 is 1.82 bits per heavy atom. The summed E-state index contributed by atoms with van der Waals surface area (Å²) in [5.74, 6) is 0.693. The number of halogens is 1. The van der Waals surface area contributed by atoms with Crippen molar-refractivity contribution in [2.24, 2.45) is 4.99 Å². The van der Waals surface area contributed by atoms with Gasteiger partial charge in [0.2, 0.25) is 0 Å². The third-order valence-corrected chi connectivity index (χ3v) is 2.66. The van der Waals surface area contributed by atoms with Crippen LogP contribution in [0, 0.1) is 0 Å². The summed E-state index contributed by atoms with van der Waals surface area (Å²) in [6, 6.07) is 0. The average Bonchev–Trinajstić information content (AvgIpc) is 2.39. The summed E-state index contributed by atoms with van der Waals surface area (Å²) in [5, 5.41) is 6.35. The fourth-order valence-corrected chi connectivity index (χ4v) is 1.74. The highest BCUT2D eigenvalue weighted by molar-refractivity contribution is 14.0. The molecule has 0 aliphatic carbocycles. The SMILES string of the molecule is C=CCNC(=NC)NCCCCCCC(=O)OC(C)(C)C.I. The molecule has 0 aliphatic rings. The van der Waals surface area contributed by atoms with Crippen LogP contribution in [-0.2, 0) is 9.53 Å². The van der Waals surface area contributed by atoms with Gasteiger partial charge in [0, 0.05) is 26.6 Å². The van der Waals surface area contributed by atoms with E-state index in [1.807, 2.05) is 20.8 Å². The number of esters is 1. The molecule has 0 saturated heterocycles. The monoisotopic (exact) mass is 425 g/mol. The molecule has 5 nitrogen and oxygen atoms in total. The zero-order valence-corrected chi connectivity index (χ0v) is 16.7. The first kappa shape index (κ1) is 23.5. The molecule has 0 aromatic rings. The summed E-state index contributed by atoms with van der Waals surface area (Å²) < 4.78 is 5.27. The molecule has 0 rings (SSSR count). The minimum atomic E-state index is -0.380. The predicted octanol–water partition coefficient (Wildman–Crippen LogP) is 3.25. The van der Waals surface area contributed by atoms with E-state index in [9.17, 15) is 4.79 Å². The number of carbonyl (C=O) groups excluding carboxylic acids is 1. The smallest absolute Gasteiger partial charge is 0.306 e. The molecule has 0 unspecified atom stereocenters. The molecule has 0 bridgehead atoms. The number of ether oxygens (including phenoxy) is 1. The molecule has 0 heterocycles. The van der Waals surface area contributed by atoms with E-state index in [0.717, 1.165) is 38.2 Å². The number of nitrogens with one attached hydrogen (secondary N) is 2. The lowest BCUT2D eigenvalue weighted by atomic mass is 10.1. The van der Waals surface area contributed by atoms with Crippen LogP contribution >= 0.6 is 24.0 Å². The first-order valence-electron chi connectivity index (χ1n) is 7.66. The predicted molar refractivity (Wildman–Crippen MR) is 104 cm³/mol. The first-order chi connectivity index (χ1) is 9.89. The Labute approximate surface area is 152 Å². The zero-order valence-electron chi connectivity index (χ0n) is 14.4. The van der Waals surface area contributed by atoms with Crippen LogP contribution in [-0.4, -0.2) is 37.7 Å². The molecule has 6 heteroatoms. The van der Waals surface area contributed by atoms with Crippen molar-refractivity contribution in [1.82, 2.24) is 10.6 Å². The second-order valence-electron chi connectivity index (χ2n) is 5.92. The fourth-order valence-electron chi connectivity index (χ4n) is 1.74. The molecule has 130 valence electrons. The van der Waals surface area contributed by atoms with Gasteiger partial charge in [0.25, 0.3) is 0 Å². The molecule has 0 radical (unpaired) electrons. The molecule has 0 aliphatic heterocycles. The van der Waals surface area contributed by atoms with E-state index < -0.39 is 0 Å². The maximum Gasteiger partial charge on any atom is 0.306 e. The summed E-state index contributed by atoms with van der Waals surface area (Å²) in [6.07, 6.45) is 6.38. The van der Waals surface area contributed by atoms with E-state index >= 15 is 0 Å². The molecule has 22 heavy (non-hydrogen) atoms. The number of guanidine groups is 1. The van der Waals surface area contributed by atoms with Crippen molar-refractivity contribution in [3.63, 3.8) is 0 Å². The maximum absolute atomic E-state index is 11.5. The number of rotatable bonds is 9. The highest BCUT2D eigenvalue weighted by atomic mass is 127. The Kier molecular flexibility index (Phi) is 14.8. The van der Waals surface area contributed by atoms with Crippen molar-refractivity contribution in [3.05, 3.63) is 12.7 Å². The lowest BCUT2D eigenvalue weighted by molar-refractivity contribution is -0.154. The Bertz CT molecular complexity index is 339. The van der Waals surface area contributed by atoms with Crippen LogP contribution in [0.15, 0.2) is 17.6 Å². The third-order valence-electron chi connectivity index (χ3n) is 2.66. The second kappa shape index (κ2) is 13.8. The minimum absolute atomic E-state index is 0. The lowest BCUT2D eigenvalue weighted by Gasteiger charge is -2.19. The van der Waals surface area contributed by atoms with Gasteiger partial charge in [0.1, 0.15) is 5.60 Å². The second-order valence-corrected chi connectivity index (χ2v) is 5.92. The van der Waals surface area contributed by atoms with E-state index in [0.29, 0.717) is 13.0 Å². The van der Waals surface area contributed by atoms with Crippen molar-refractivity contribution in [2.75, 3.05) is 20.1 Å².